The Morgan fingerprint density at radius 3 is 2.54 bits per heavy atom. The molecule has 0 spiro atoms. The van der Waals surface area contributed by atoms with Crippen LogP contribution in [0, 0.1) is 6.92 Å². The minimum Gasteiger partial charge on any atom is -0.354 e. The van der Waals surface area contributed by atoms with Gasteiger partial charge in [-0.2, -0.15) is 0 Å². The number of anilines is 1. The number of amides is 2. The second-order valence-corrected chi connectivity index (χ2v) is 6.26. The molecule has 1 aliphatic rings. The molecule has 0 fully saturated rings. The molecule has 0 aliphatic carbocycles. The molecule has 1 N–H and O–H groups in total. The SMILES string of the molecule is CC(=O)N1c2ccccc2C[C@@H]1C(=O)NCCc1ccc(C)cc1. The van der Waals surface area contributed by atoms with Gasteiger partial charge in [0.15, 0.2) is 0 Å². The summed E-state index contributed by atoms with van der Waals surface area (Å²) in [6.07, 6.45) is 1.36. The van der Waals surface area contributed by atoms with E-state index in [9.17, 15) is 9.59 Å². The quantitative estimate of drug-likeness (QED) is 0.941. The van der Waals surface area contributed by atoms with Crippen LogP contribution in [0.4, 0.5) is 5.69 Å². The van der Waals surface area contributed by atoms with Crippen LogP contribution in [0.3, 0.4) is 0 Å². The molecule has 3 rings (SSSR count). The van der Waals surface area contributed by atoms with Crippen molar-refractivity contribution in [2.24, 2.45) is 0 Å². The fraction of sp³-hybridized carbons (Fsp3) is 0.300. The van der Waals surface area contributed by atoms with Crippen LogP contribution in [0.2, 0.25) is 0 Å². The topological polar surface area (TPSA) is 49.4 Å². The van der Waals surface area contributed by atoms with E-state index >= 15 is 0 Å². The molecule has 24 heavy (non-hydrogen) atoms. The average molecular weight is 322 g/mol. The highest BCUT2D eigenvalue weighted by Gasteiger charge is 2.36. The van der Waals surface area contributed by atoms with Gasteiger partial charge in [-0.15, -0.1) is 0 Å². The molecule has 1 atom stereocenters. The molecule has 1 heterocycles. The van der Waals surface area contributed by atoms with E-state index < -0.39 is 6.04 Å². The van der Waals surface area contributed by atoms with Gasteiger partial charge >= 0.3 is 0 Å². The van der Waals surface area contributed by atoms with Crippen molar-refractivity contribution >= 4 is 17.5 Å². The number of rotatable bonds is 4. The van der Waals surface area contributed by atoms with Crippen molar-refractivity contribution in [3.8, 4) is 0 Å². The lowest BCUT2D eigenvalue weighted by Crippen LogP contribution is -2.47. The van der Waals surface area contributed by atoms with Crippen molar-refractivity contribution in [2.75, 3.05) is 11.4 Å². The molecule has 4 nitrogen and oxygen atoms in total. The molecule has 2 aromatic carbocycles. The van der Waals surface area contributed by atoms with Gasteiger partial charge in [-0.05, 0) is 30.5 Å². The Hall–Kier alpha value is -2.62. The Morgan fingerprint density at radius 1 is 1.12 bits per heavy atom. The zero-order chi connectivity index (χ0) is 17.1. The van der Waals surface area contributed by atoms with Crippen molar-refractivity contribution in [3.63, 3.8) is 0 Å². The van der Waals surface area contributed by atoms with Gasteiger partial charge < -0.3 is 5.32 Å². The number of aryl methyl sites for hydroxylation is 1. The van der Waals surface area contributed by atoms with E-state index in [0.717, 1.165) is 17.7 Å². The van der Waals surface area contributed by atoms with Gasteiger partial charge in [0.2, 0.25) is 11.8 Å². The van der Waals surface area contributed by atoms with Gasteiger partial charge in [-0.25, -0.2) is 0 Å². The van der Waals surface area contributed by atoms with Crippen LogP contribution in [0.5, 0.6) is 0 Å². The number of nitrogens with one attached hydrogen (secondary N) is 1. The molecule has 0 radical (unpaired) electrons. The normalized spacial score (nSPS) is 15.9. The lowest BCUT2D eigenvalue weighted by atomic mass is 10.1. The first-order chi connectivity index (χ1) is 11.6. The molecule has 4 heteroatoms. The van der Waals surface area contributed by atoms with Gasteiger partial charge in [-0.3, -0.25) is 14.5 Å². The number of hydrogen-bond donors (Lipinski definition) is 1. The van der Waals surface area contributed by atoms with Crippen molar-refractivity contribution in [2.45, 2.75) is 32.7 Å². The van der Waals surface area contributed by atoms with Gasteiger partial charge in [0.1, 0.15) is 6.04 Å². The lowest BCUT2D eigenvalue weighted by molar-refractivity contribution is -0.125. The number of nitrogens with zero attached hydrogens (tertiary/aromatic N) is 1. The number of carbonyl (C=O) groups is 2. The predicted molar refractivity (Wildman–Crippen MR) is 95.0 cm³/mol. The fourth-order valence-corrected chi connectivity index (χ4v) is 3.19. The summed E-state index contributed by atoms with van der Waals surface area (Å²) in [5.74, 6) is -0.188. The molecule has 0 unspecified atom stereocenters. The number of carbonyl (C=O) groups excluding carboxylic acids is 2. The van der Waals surface area contributed by atoms with E-state index in [1.54, 1.807) is 4.90 Å². The van der Waals surface area contributed by atoms with Crippen LogP contribution in [-0.2, 0) is 22.4 Å². The fourth-order valence-electron chi connectivity index (χ4n) is 3.19. The predicted octanol–water partition coefficient (Wildman–Crippen LogP) is 2.63. The second-order valence-electron chi connectivity index (χ2n) is 6.26. The molecule has 2 amide bonds. The van der Waals surface area contributed by atoms with Crippen LogP contribution < -0.4 is 10.2 Å². The molecule has 0 saturated heterocycles. The van der Waals surface area contributed by atoms with Gasteiger partial charge in [0.05, 0.1) is 0 Å². The van der Waals surface area contributed by atoms with E-state index in [4.69, 9.17) is 0 Å². The summed E-state index contributed by atoms with van der Waals surface area (Å²) >= 11 is 0. The third-order valence-electron chi connectivity index (χ3n) is 4.45. The van der Waals surface area contributed by atoms with Crippen LogP contribution in [0.1, 0.15) is 23.6 Å². The number of benzene rings is 2. The molecular formula is C20H22N2O2. The molecule has 0 saturated carbocycles. The standard InChI is InChI=1S/C20H22N2O2/c1-14-7-9-16(10-8-14)11-12-21-20(24)19-13-17-5-3-4-6-18(17)22(19)15(2)23/h3-10,19H,11-13H2,1-2H3,(H,21,24)/t19-/m1/s1. The monoisotopic (exact) mass is 322 g/mol. The molecule has 0 aromatic heterocycles. The summed E-state index contributed by atoms with van der Waals surface area (Å²) in [6, 6.07) is 15.6. The molecule has 0 bridgehead atoms. The molecule has 2 aromatic rings. The van der Waals surface area contributed by atoms with Gasteiger partial charge in [0.25, 0.3) is 0 Å². The van der Waals surface area contributed by atoms with Crippen molar-refractivity contribution < 1.29 is 9.59 Å². The summed E-state index contributed by atoms with van der Waals surface area (Å²) in [5, 5.41) is 2.97. The van der Waals surface area contributed by atoms with Crippen molar-refractivity contribution in [3.05, 3.63) is 65.2 Å². The maximum absolute atomic E-state index is 12.6. The smallest absolute Gasteiger partial charge is 0.243 e. The largest absolute Gasteiger partial charge is 0.354 e. The van der Waals surface area contributed by atoms with Crippen LogP contribution in [-0.4, -0.2) is 24.4 Å². The highest BCUT2D eigenvalue weighted by atomic mass is 16.2. The molecule has 124 valence electrons. The summed E-state index contributed by atoms with van der Waals surface area (Å²) in [6.45, 7) is 4.13. The zero-order valence-corrected chi connectivity index (χ0v) is 14.1. The lowest BCUT2D eigenvalue weighted by Gasteiger charge is -2.23. The Kier molecular flexibility index (Phi) is 4.65. The number of para-hydroxylation sites is 1. The average Bonchev–Trinajstić information content (AvgIpc) is 2.96. The minimum absolute atomic E-state index is 0.0893. The third kappa shape index (κ3) is 3.32. The van der Waals surface area contributed by atoms with Crippen molar-refractivity contribution in [1.29, 1.82) is 0 Å². The minimum atomic E-state index is -0.446. The highest BCUT2D eigenvalue weighted by molar-refractivity contribution is 6.02. The number of hydrogen-bond acceptors (Lipinski definition) is 2. The van der Waals surface area contributed by atoms with E-state index in [2.05, 4.69) is 36.5 Å². The van der Waals surface area contributed by atoms with Crippen LogP contribution in [0.25, 0.3) is 0 Å². The summed E-state index contributed by atoms with van der Waals surface area (Å²) < 4.78 is 0. The summed E-state index contributed by atoms with van der Waals surface area (Å²) in [4.78, 5) is 26.2. The maximum atomic E-state index is 12.6. The Balaban J connectivity index is 1.62. The zero-order valence-electron chi connectivity index (χ0n) is 14.1. The first-order valence-corrected chi connectivity index (χ1v) is 8.27. The highest BCUT2D eigenvalue weighted by Crippen LogP contribution is 2.32. The first kappa shape index (κ1) is 16.2. The number of fused-ring (bicyclic) bond motifs is 1. The summed E-state index contributed by atoms with van der Waals surface area (Å²) in [7, 11) is 0. The Bertz CT molecular complexity index is 752. The van der Waals surface area contributed by atoms with E-state index in [0.29, 0.717) is 13.0 Å². The van der Waals surface area contributed by atoms with Gasteiger partial charge in [0, 0.05) is 25.6 Å². The van der Waals surface area contributed by atoms with Crippen LogP contribution in [0.15, 0.2) is 48.5 Å². The molecular weight excluding hydrogens is 300 g/mol. The summed E-state index contributed by atoms with van der Waals surface area (Å²) in [5.41, 5.74) is 4.32. The van der Waals surface area contributed by atoms with E-state index in [1.165, 1.54) is 18.1 Å². The van der Waals surface area contributed by atoms with E-state index in [-0.39, 0.29) is 11.8 Å². The first-order valence-electron chi connectivity index (χ1n) is 8.27. The third-order valence-corrected chi connectivity index (χ3v) is 4.45. The Morgan fingerprint density at radius 2 is 1.83 bits per heavy atom. The van der Waals surface area contributed by atoms with Gasteiger partial charge in [-0.1, -0.05) is 48.0 Å². The maximum Gasteiger partial charge on any atom is 0.243 e. The van der Waals surface area contributed by atoms with Crippen molar-refractivity contribution in [1.82, 2.24) is 5.32 Å². The van der Waals surface area contributed by atoms with Crippen LogP contribution >= 0.6 is 0 Å². The Labute approximate surface area is 142 Å². The second kappa shape index (κ2) is 6.87. The molecule has 1 aliphatic heterocycles. The van der Waals surface area contributed by atoms with E-state index in [1.807, 2.05) is 24.3 Å².